The van der Waals surface area contributed by atoms with Gasteiger partial charge in [-0.1, -0.05) is 63.3 Å². The topological polar surface area (TPSA) is 38.8 Å². The average Bonchev–Trinajstić information content (AvgIpc) is 3.18. The van der Waals surface area contributed by atoms with Gasteiger partial charge in [-0.15, -0.1) is 0 Å². The first-order chi connectivity index (χ1) is 13.7. The second-order valence-corrected chi connectivity index (χ2v) is 6.09. The largest absolute Gasteiger partial charge is 0.463 e. The molecule has 0 aromatic carbocycles. The van der Waals surface area contributed by atoms with Crippen LogP contribution in [0.15, 0.2) is 24.3 Å². The number of ether oxygens (including phenoxy) is 2. The number of carbonyl (C=O) groups excluding carboxylic acids is 1. The molecule has 3 nitrogen and oxygen atoms in total. The highest BCUT2D eigenvalue weighted by molar-refractivity contribution is 5.69. The van der Waals surface area contributed by atoms with Crippen LogP contribution in [0.3, 0.4) is 0 Å². The minimum absolute atomic E-state index is 0.0586. The van der Waals surface area contributed by atoms with Gasteiger partial charge in [0.15, 0.2) is 0 Å². The van der Waals surface area contributed by atoms with Gasteiger partial charge in [0.05, 0.1) is 13.4 Å². The summed E-state index contributed by atoms with van der Waals surface area (Å²) in [5, 5.41) is 0. The van der Waals surface area contributed by atoms with Gasteiger partial charge in [-0.05, 0) is 38.5 Å². The van der Waals surface area contributed by atoms with Gasteiger partial charge in [-0.2, -0.15) is 0 Å². The number of hydrogen-bond acceptors (Lipinski definition) is 3. The van der Waals surface area contributed by atoms with Gasteiger partial charge in [0.1, 0.15) is 12.6 Å². The van der Waals surface area contributed by atoms with Crippen molar-refractivity contribution < 1.29 is 21.1 Å². The van der Waals surface area contributed by atoms with Crippen molar-refractivity contribution >= 4 is 5.97 Å². The lowest BCUT2D eigenvalue weighted by Crippen LogP contribution is -2.09. The summed E-state index contributed by atoms with van der Waals surface area (Å²) in [6.07, 6.45) is 18.2. The van der Waals surface area contributed by atoms with Gasteiger partial charge >= 0.3 is 5.97 Å². The summed E-state index contributed by atoms with van der Waals surface area (Å²) in [6.45, 7) is -3.02. The molecule has 1 rings (SSSR count). The molecule has 0 spiro atoms. The lowest BCUT2D eigenvalue weighted by molar-refractivity contribution is -0.144. The number of unbranched alkanes of at least 4 members (excludes halogenated alkanes) is 8. The third kappa shape index (κ3) is 14.5. The van der Waals surface area contributed by atoms with Crippen molar-refractivity contribution in [2.45, 2.75) is 90.1 Å². The van der Waals surface area contributed by atoms with E-state index >= 15 is 0 Å². The molecule has 24 heavy (non-hydrogen) atoms. The molecule has 1 heterocycles. The highest BCUT2D eigenvalue weighted by Gasteiger charge is 2.23. The summed E-state index contributed by atoms with van der Waals surface area (Å²) in [5.41, 5.74) is 0. The van der Waals surface area contributed by atoms with E-state index in [-0.39, 0.29) is 6.42 Å². The summed E-state index contributed by atoms with van der Waals surface area (Å²) in [7, 11) is 0. The quantitative estimate of drug-likeness (QED) is 0.155. The molecule has 0 N–H and O–H groups in total. The Kier molecular flexibility index (Phi) is 9.08. The summed E-state index contributed by atoms with van der Waals surface area (Å²) in [6, 6.07) is 0. The van der Waals surface area contributed by atoms with Gasteiger partial charge in [0.2, 0.25) is 0 Å². The van der Waals surface area contributed by atoms with Crippen molar-refractivity contribution in [1.29, 1.82) is 0 Å². The maximum absolute atomic E-state index is 11.7. The van der Waals surface area contributed by atoms with Crippen molar-refractivity contribution in [2.24, 2.45) is 0 Å². The Labute approximate surface area is 155 Å². The third-order valence-electron chi connectivity index (χ3n) is 3.79. The number of carbonyl (C=O) groups is 1. The Morgan fingerprint density at radius 3 is 2.42 bits per heavy atom. The van der Waals surface area contributed by atoms with E-state index in [4.69, 9.17) is 6.85 Å². The van der Waals surface area contributed by atoms with Crippen molar-refractivity contribution in [2.75, 3.05) is 13.1 Å². The second-order valence-electron chi connectivity index (χ2n) is 6.09. The Hall–Kier alpha value is -1.09. The molecule has 1 fully saturated rings. The van der Waals surface area contributed by atoms with E-state index in [0.717, 1.165) is 38.5 Å². The van der Waals surface area contributed by atoms with E-state index in [2.05, 4.69) is 40.7 Å². The first-order valence-electron chi connectivity index (χ1n) is 11.9. The van der Waals surface area contributed by atoms with Gasteiger partial charge in [-0.25, -0.2) is 0 Å². The minimum atomic E-state index is -2.80. The summed E-state index contributed by atoms with van der Waals surface area (Å²) < 4.78 is 46.3. The number of hydrogen-bond donors (Lipinski definition) is 0. The van der Waals surface area contributed by atoms with E-state index in [1.165, 1.54) is 25.7 Å². The van der Waals surface area contributed by atoms with Crippen molar-refractivity contribution in [3.8, 4) is 0 Å². The predicted octanol–water partition coefficient (Wildman–Crippen LogP) is 5.74. The average molecular weight is 342 g/mol. The molecular formula is C21H36O3. The van der Waals surface area contributed by atoms with Crippen LogP contribution in [-0.2, 0) is 14.3 Å². The number of rotatable bonds is 16. The monoisotopic (exact) mass is 341 g/mol. The minimum Gasteiger partial charge on any atom is -0.463 e. The predicted molar refractivity (Wildman–Crippen MR) is 100 cm³/mol. The smallest absolute Gasteiger partial charge is 0.305 e. The maximum atomic E-state index is 11.7. The molecule has 1 aliphatic heterocycles. The van der Waals surface area contributed by atoms with Crippen LogP contribution in [-0.4, -0.2) is 25.2 Å². The van der Waals surface area contributed by atoms with Crippen LogP contribution in [0.5, 0.6) is 0 Å². The van der Waals surface area contributed by atoms with Gasteiger partial charge in [0, 0.05) is 6.42 Å². The number of esters is 1. The Morgan fingerprint density at radius 1 is 1.12 bits per heavy atom. The molecule has 1 saturated heterocycles. The third-order valence-corrected chi connectivity index (χ3v) is 3.79. The molecule has 138 valence electrons. The number of epoxide rings is 1. The second kappa shape index (κ2) is 15.4. The molecule has 0 saturated carbocycles. The highest BCUT2D eigenvalue weighted by atomic mass is 16.6. The molecule has 0 radical (unpaired) electrons. The summed E-state index contributed by atoms with van der Waals surface area (Å²) in [5.74, 6) is -0.765. The standard InChI is InChI=1S/C21H36O3/c1-2-3-4-5-6-7-8-9-10-11-12-13-14-15-16-17-21(22)24-19-20-18-23-20/h6-7,9-10,20H,2-5,8,11-19H2,1H3/b7-6+,10-9+/i18D2,19D2,20D. The van der Waals surface area contributed by atoms with Crippen molar-refractivity contribution in [1.82, 2.24) is 0 Å². The van der Waals surface area contributed by atoms with Gasteiger partial charge in [-0.3, -0.25) is 4.79 Å². The van der Waals surface area contributed by atoms with Gasteiger partial charge in [0.25, 0.3) is 0 Å². The molecule has 3 heteroatoms. The highest BCUT2D eigenvalue weighted by Crippen LogP contribution is 2.11. The first-order valence-corrected chi connectivity index (χ1v) is 9.38. The molecule has 0 aromatic rings. The van der Waals surface area contributed by atoms with Crippen molar-refractivity contribution in [3.05, 3.63) is 24.3 Å². The number of allylic oxidation sites excluding steroid dienone is 4. The molecule has 0 aliphatic carbocycles. The molecule has 0 bridgehead atoms. The van der Waals surface area contributed by atoms with E-state index in [9.17, 15) is 4.79 Å². The molecule has 1 unspecified atom stereocenters. The maximum Gasteiger partial charge on any atom is 0.305 e. The van der Waals surface area contributed by atoms with Crippen LogP contribution in [0.2, 0.25) is 0 Å². The van der Waals surface area contributed by atoms with Crippen LogP contribution < -0.4 is 0 Å². The molecular weight excluding hydrogens is 300 g/mol. The Balaban J connectivity index is 1.98. The van der Waals surface area contributed by atoms with E-state index < -0.39 is 25.2 Å². The van der Waals surface area contributed by atoms with E-state index in [1.54, 1.807) is 0 Å². The summed E-state index contributed by atoms with van der Waals surface area (Å²) in [4.78, 5) is 11.7. The first kappa shape index (κ1) is 14.1. The zero-order valence-corrected chi connectivity index (χ0v) is 15.0. The van der Waals surface area contributed by atoms with Gasteiger partial charge < -0.3 is 9.47 Å². The fraction of sp³-hybridized carbons (Fsp3) is 0.762. The molecule has 1 aliphatic rings. The Bertz CT molecular complexity index is 548. The van der Waals surface area contributed by atoms with Crippen LogP contribution >= 0.6 is 0 Å². The fourth-order valence-electron chi connectivity index (χ4n) is 2.30. The van der Waals surface area contributed by atoms with E-state index in [1.807, 2.05) is 0 Å². The molecule has 0 amide bonds. The molecule has 0 aromatic heterocycles. The summed E-state index contributed by atoms with van der Waals surface area (Å²) >= 11 is 0. The van der Waals surface area contributed by atoms with Crippen LogP contribution in [0.4, 0.5) is 0 Å². The Morgan fingerprint density at radius 2 is 1.75 bits per heavy atom. The van der Waals surface area contributed by atoms with E-state index in [0.29, 0.717) is 6.42 Å². The zero-order chi connectivity index (χ0) is 21.8. The zero-order valence-electron chi connectivity index (χ0n) is 20.0. The lowest BCUT2D eigenvalue weighted by Gasteiger charge is -2.02. The fourth-order valence-corrected chi connectivity index (χ4v) is 2.30. The molecule has 1 atom stereocenters. The van der Waals surface area contributed by atoms with Crippen LogP contribution in [0.25, 0.3) is 0 Å². The van der Waals surface area contributed by atoms with Crippen LogP contribution in [0, 0.1) is 0 Å². The lowest BCUT2D eigenvalue weighted by atomic mass is 10.1. The van der Waals surface area contributed by atoms with Crippen molar-refractivity contribution in [3.63, 3.8) is 0 Å². The van der Waals surface area contributed by atoms with Crippen LogP contribution in [0.1, 0.15) is 90.8 Å². The normalized spacial score (nSPS) is 25.8. The SMILES string of the molecule is [2H]C([2H])(OC(=O)CCCCCCC/C=C/C/C=C/CCCCC)C1([2H])OC1([2H])[2H].